The zero-order valence-corrected chi connectivity index (χ0v) is 19.8. The quantitative estimate of drug-likeness (QED) is 0.317. The third kappa shape index (κ3) is 6.24. The topological polar surface area (TPSA) is 170 Å². The number of sulfonamides is 1. The number of nitriles is 2. The van der Waals surface area contributed by atoms with Gasteiger partial charge >= 0.3 is 0 Å². The van der Waals surface area contributed by atoms with Gasteiger partial charge in [0, 0.05) is 54.6 Å². The maximum Gasteiger partial charge on any atom is 0.269 e. The van der Waals surface area contributed by atoms with Gasteiger partial charge < -0.3 is 0 Å². The number of aromatic nitrogens is 1. The van der Waals surface area contributed by atoms with Gasteiger partial charge in [0.15, 0.2) is 5.13 Å². The number of hydrogen-bond donors (Lipinski definition) is 1. The van der Waals surface area contributed by atoms with Crippen molar-refractivity contribution in [3.63, 3.8) is 0 Å². The van der Waals surface area contributed by atoms with E-state index in [0.29, 0.717) is 16.4 Å². The van der Waals surface area contributed by atoms with Crippen LogP contribution >= 0.6 is 11.3 Å². The van der Waals surface area contributed by atoms with Gasteiger partial charge in [-0.05, 0) is 36.4 Å². The molecule has 0 fully saturated rings. The van der Waals surface area contributed by atoms with Crippen molar-refractivity contribution in [1.29, 1.82) is 10.5 Å². The molecule has 0 saturated carbocycles. The molecule has 1 amide bonds. The summed E-state index contributed by atoms with van der Waals surface area (Å²) in [6.45, 7) is -0.0756. The summed E-state index contributed by atoms with van der Waals surface area (Å²) in [6.07, 6.45) is -0.0261. The molecule has 178 valence electrons. The summed E-state index contributed by atoms with van der Waals surface area (Å²) in [6, 6.07) is 14.9. The van der Waals surface area contributed by atoms with Crippen LogP contribution in [0.1, 0.15) is 23.2 Å². The lowest BCUT2D eigenvalue weighted by Gasteiger charge is -2.20. The zero-order valence-electron chi connectivity index (χ0n) is 18.1. The summed E-state index contributed by atoms with van der Waals surface area (Å²) in [7, 11) is -3.94. The smallest absolute Gasteiger partial charge is 0.269 e. The largest absolute Gasteiger partial charge is 0.298 e. The molecule has 1 N–H and O–H groups in total. The Bertz CT molecular complexity index is 1390. The molecule has 1 aromatic heterocycles. The summed E-state index contributed by atoms with van der Waals surface area (Å²) < 4.78 is 26.8. The van der Waals surface area contributed by atoms with E-state index in [4.69, 9.17) is 10.5 Å². The van der Waals surface area contributed by atoms with Gasteiger partial charge in [-0.2, -0.15) is 14.8 Å². The summed E-state index contributed by atoms with van der Waals surface area (Å²) in [5.41, 5.74) is 1.36. The second kappa shape index (κ2) is 11.3. The standard InChI is InChI=1S/C22H18N6O5S2/c23-11-1-13-27(14-2-12-24)35(32,33)19-9-5-17(6-10-19)21(29)26-22-25-20(15-34-22)16-3-7-18(8-4-16)28(30)31/h3-10,15H,1-2,13-14H2,(H,25,26,29). The van der Waals surface area contributed by atoms with Crippen molar-refractivity contribution in [2.24, 2.45) is 0 Å². The number of rotatable bonds is 10. The third-order valence-electron chi connectivity index (χ3n) is 4.80. The van der Waals surface area contributed by atoms with Gasteiger partial charge in [-0.25, -0.2) is 13.4 Å². The first-order valence-electron chi connectivity index (χ1n) is 10.1. The molecule has 0 aliphatic heterocycles. The maximum absolute atomic E-state index is 12.9. The van der Waals surface area contributed by atoms with Crippen LogP contribution in [0.4, 0.5) is 10.8 Å². The number of nitrogens with zero attached hydrogens (tertiary/aromatic N) is 5. The highest BCUT2D eigenvalue weighted by atomic mass is 32.2. The Kier molecular flexibility index (Phi) is 8.22. The van der Waals surface area contributed by atoms with E-state index in [1.165, 1.54) is 47.7 Å². The molecule has 0 unspecified atom stereocenters. The van der Waals surface area contributed by atoms with E-state index in [0.717, 1.165) is 4.31 Å². The van der Waals surface area contributed by atoms with Gasteiger partial charge in [-0.3, -0.25) is 20.2 Å². The summed E-state index contributed by atoms with van der Waals surface area (Å²) in [5.74, 6) is -0.496. The Hall–Kier alpha value is -4.17. The molecule has 13 heteroatoms. The van der Waals surface area contributed by atoms with E-state index in [-0.39, 0.29) is 42.1 Å². The molecule has 2 aromatic carbocycles. The van der Waals surface area contributed by atoms with Gasteiger partial charge in [0.25, 0.3) is 11.6 Å². The molecular formula is C22H18N6O5S2. The molecule has 0 bridgehead atoms. The van der Waals surface area contributed by atoms with Crippen molar-refractivity contribution in [3.8, 4) is 23.4 Å². The first-order valence-corrected chi connectivity index (χ1v) is 12.4. The Morgan fingerprint density at radius 1 is 1.06 bits per heavy atom. The Balaban J connectivity index is 1.71. The van der Waals surface area contributed by atoms with E-state index in [1.807, 2.05) is 12.1 Å². The van der Waals surface area contributed by atoms with Gasteiger partial charge in [0.2, 0.25) is 10.0 Å². The third-order valence-corrected chi connectivity index (χ3v) is 7.47. The van der Waals surface area contributed by atoms with Crippen LogP contribution < -0.4 is 5.32 Å². The monoisotopic (exact) mass is 510 g/mol. The fourth-order valence-corrected chi connectivity index (χ4v) is 5.17. The summed E-state index contributed by atoms with van der Waals surface area (Å²) >= 11 is 1.17. The number of benzene rings is 2. The second-order valence-corrected chi connectivity index (χ2v) is 9.84. The summed E-state index contributed by atoms with van der Waals surface area (Å²) in [5, 5.41) is 33.0. The number of carbonyl (C=O) groups excluding carboxylic acids is 1. The molecule has 0 atom stereocenters. The van der Waals surface area contributed by atoms with E-state index in [1.54, 1.807) is 17.5 Å². The van der Waals surface area contributed by atoms with Crippen molar-refractivity contribution >= 4 is 38.1 Å². The number of carbonyl (C=O) groups is 1. The minimum Gasteiger partial charge on any atom is -0.298 e. The van der Waals surface area contributed by atoms with Crippen molar-refractivity contribution in [3.05, 3.63) is 69.6 Å². The number of hydrogen-bond acceptors (Lipinski definition) is 9. The molecule has 0 saturated heterocycles. The van der Waals surface area contributed by atoms with Gasteiger partial charge in [0.05, 0.1) is 27.7 Å². The van der Waals surface area contributed by atoms with Gasteiger partial charge in [0.1, 0.15) is 0 Å². The van der Waals surface area contributed by atoms with Crippen molar-refractivity contribution in [2.75, 3.05) is 18.4 Å². The predicted octanol–water partition coefficient (Wildman–Crippen LogP) is 3.79. The normalized spacial score (nSPS) is 10.9. The lowest BCUT2D eigenvalue weighted by molar-refractivity contribution is -0.384. The highest BCUT2D eigenvalue weighted by Crippen LogP contribution is 2.27. The minimum absolute atomic E-state index is 0.0131. The van der Waals surface area contributed by atoms with Crippen LogP contribution in [0.5, 0.6) is 0 Å². The van der Waals surface area contributed by atoms with Crippen LogP contribution in [0.3, 0.4) is 0 Å². The average Bonchev–Trinajstić information content (AvgIpc) is 3.32. The van der Waals surface area contributed by atoms with Crippen LogP contribution in [-0.2, 0) is 10.0 Å². The molecular weight excluding hydrogens is 492 g/mol. The fraction of sp³-hybridized carbons (Fsp3) is 0.182. The van der Waals surface area contributed by atoms with Gasteiger partial charge in [-0.15, -0.1) is 11.3 Å². The fourth-order valence-electron chi connectivity index (χ4n) is 3.02. The maximum atomic E-state index is 12.9. The second-order valence-electron chi connectivity index (χ2n) is 7.04. The molecule has 11 nitrogen and oxygen atoms in total. The Morgan fingerprint density at radius 3 is 2.20 bits per heavy atom. The summed E-state index contributed by atoms with van der Waals surface area (Å²) in [4.78, 5) is 27.2. The van der Waals surface area contributed by atoms with Crippen molar-refractivity contribution in [2.45, 2.75) is 17.7 Å². The van der Waals surface area contributed by atoms with Crippen molar-refractivity contribution in [1.82, 2.24) is 9.29 Å². The highest BCUT2D eigenvalue weighted by molar-refractivity contribution is 7.89. The lowest BCUT2D eigenvalue weighted by atomic mass is 10.1. The first kappa shape index (κ1) is 25.5. The number of nitrogens with one attached hydrogen (secondary N) is 1. The number of thiazole rings is 1. The lowest BCUT2D eigenvalue weighted by Crippen LogP contribution is -2.32. The van der Waals surface area contributed by atoms with Crippen LogP contribution in [0.15, 0.2) is 58.8 Å². The van der Waals surface area contributed by atoms with Crippen LogP contribution in [0, 0.1) is 32.8 Å². The molecule has 0 aliphatic rings. The van der Waals surface area contributed by atoms with Crippen LogP contribution in [0.2, 0.25) is 0 Å². The zero-order chi connectivity index (χ0) is 25.4. The van der Waals surface area contributed by atoms with Gasteiger partial charge in [-0.1, -0.05) is 0 Å². The van der Waals surface area contributed by atoms with Crippen LogP contribution in [-0.4, -0.2) is 41.6 Å². The number of amides is 1. The molecule has 0 radical (unpaired) electrons. The predicted molar refractivity (Wildman–Crippen MR) is 128 cm³/mol. The molecule has 1 heterocycles. The average molecular weight is 511 g/mol. The van der Waals surface area contributed by atoms with Crippen molar-refractivity contribution < 1.29 is 18.1 Å². The van der Waals surface area contributed by atoms with E-state index >= 15 is 0 Å². The SMILES string of the molecule is N#CCCN(CCC#N)S(=O)(=O)c1ccc(C(=O)Nc2nc(-c3ccc([N+](=O)[O-])cc3)cs2)cc1. The number of anilines is 1. The Labute approximate surface area is 205 Å². The highest BCUT2D eigenvalue weighted by Gasteiger charge is 2.24. The molecule has 3 aromatic rings. The van der Waals surface area contributed by atoms with E-state index < -0.39 is 20.9 Å². The number of nitro groups is 1. The number of non-ortho nitro benzene ring substituents is 1. The van der Waals surface area contributed by atoms with Crippen LogP contribution in [0.25, 0.3) is 11.3 Å². The molecule has 35 heavy (non-hydrogen) atoms. The minimum atomic E-state index is -3.94. The molecule has 0 aliphatic carbocycles. The number of nitro benzene ring substituents is 1. The van der Waals surface area contributed by atoms with E-state index in [9.17, 15) is 23.3 Å². The Morgan fingerprint density at radius 2 is 1.66 bits per heavy atom. The molecule has 0 spiro atoms. The van der Waals surface area contributed by atoms with E-state index in [2.05, 4.69) is 10.3 Å². The first-order chi connectivity index (χ1) is 16.8. The molecule has 3 rings (SSSR count).